The van der Waals surface area contributed by atoms with Crippen molar-refractivity contribution < 1.29 is 9.32 Å². The molecule has 8 heteroatoms. The summed E-state index contributed by atoms with van der Waals surface area (Å²) in [7, 11) is 0. The van der Waals surface area contributed by atoms with Crippen LogP contribution in [-0.4, -0.2) is 43.8 Å². The molecule has 8 nitrogen and oxygen atoms in total. The van der Waals surface area contributed by atoms with Crippen molar-refractivity contribution in [1.82, 2.24) is 24.8 Å². The number of carbonyl (C=O) groups excluding carboxylic acids is 1. The number of nitrogens with zero attached hydrogens (tertiary/aromatic N) is 5. The number of amides is 1. The lowest BCUT2D eigenvalue weighted by Gasteiger charge is -2.20. The Labute approximate surface area is 153 Å². The van der Waals surface area contributed by atoms with E-state index in [0.717, 1.165) is 48.8 Å². The van der Waals surface area contributed by atoms with Crippen molar-refractivity contribution in [2.45, 2.75) is 66.0 Å². The third kappa shape index (κ3) is 3.65. The van der Waals surface area contributed by atoms with Crippen LogP contribution >= 0.6 is 0 Å². The summed E-state index contributed by atoms with van der Waals surface area (Å²) in [5.74, 6) is 1.52. The SMILES string of the molecule is CCn1nc(C)c(NC(=O)CN2CCCC2c2nc(C(C)C)no2)c1C. The Kier molecular flexibility index (Phi) is 5.41. The second-order valence-corrected chi connectivity index (χ2v) is 7.18. The van der Waals surface area contributed by atoms with E-state index < -0.39 is 0 Å². The predicted octanol–water partition coefficient (Wildman–Crippen LogP) is 2.80. The number of nitrogens with one attached hydrogen (secondary N) is 1. The first-order chi connectivity index (χ1) is 12.4. The summed E-state index contributed by atoms with van der Waals surface area (Å²) in [6.07, 6.45) is 1.95. The summed E-state index contributed by atoms with van der Waals surface area (Å²) < 4.78 is 7.35. The van der Waals surface area contributed by atoms with Crippen LogP contribution < -0.4 is 5.32 Å². The molecule has 2 aromatic rings. The standard InChI is InChI=1S/C18H28N6O2/c1-6-24-13(5)16(12(4)21-24)19-15(25)10-23-9-7-8-14(23)18-20-17(11(2)3)22-26-18/h11,14H,6-10H2,1-5H3,(H,19,25). The van der Waals surface area contributed by atoms with Crippen LogP contribution in [0.1, 0.15) is 68.7 Å². The number of hydrogen-bond donors (Lipinski definition) is 1. The largest absolute Gasteiger partial charge is 0.338 e. The molecule has 1 atom stereocenters. The van der Waals surface area contributed by atoms with Gasteiger partial charge in [0.15, 0.2) is 5.82 Å². The molecular weight excluding hydrogens is 332 g/mol. The summed E-state index contributed by atoms with van der Waals surface area (Å²) in [5, 5.41) is 11.5. The van der Waals surface area contributed by atoms with Gasteiger partial charge in [-0.15, -0.1) is 0 Å². The highest BCUT2D eigenvalue weighted by molar-refractivity contribution is 5.93. The van der Waals surface area contributed by atoms with E-state index in [1.807, 2.05) is 39.3 Å². The van der Waals surface area contributed by atoms with Crippen molar-refractivity contribution >= 4 is 11.6 Å². The molecule has 1 fully saturated rings. The molecule has 0 spiro atoms. The van der Waals surface area contributed by atoms with Gasteiger partial charge in [-0.05, 0) is 40.2 Å². The van der Waals surface area contributed by atoms with Crippen molar-refractivity contribution in [3.63, 3.8) is 0 Å². The molecule has 0 radical (unpaired) electrons. The number of aromatic nitrogens is 4. The molecule has 142 valence electrons. The molecule has 1 unspecified atom stereocenters. The molecule has 1 amide bonds. The maximum atomic E-state index is 12.6. The highest BCUT2D eigenvalue weighted by Gasteiger charge is 2.32. The monoisotopic (exact) mass is 360 g/mol. The molecule has 0 aromatic carbocycles. The minimum Gasteiger partial charge on any atom is -0.338 e. The third-order valence-corrected chi connectivity index (χ3v) is 4.91. The van der Waals surface area contributed by atoms with Gasteiger partial charge < -0.3 is 9.84 Å². The Balaban J connectivity index is 1.67. The van der Waals surface area contributed by atoms with Crippen molar-refractivity contribution in [2.24, 2.45) is 0 Å². The van der Waals surface area contributed by atoms with Crippen LogP contribution in [-0.2, 0) is 11.3 Å². The minimum atomic E-state index is -0.0395. The molecule has 3 rings (SSSR count). The van der Waals surface area contributed by atoms with E-state index >= 15 is 0 Å². The van der Waals surface area contributed by atoms with E-state index in [1.54, 1.807) is 0 Å². The topological polar surface area (TPSA) is 89.1 Å². The van der Waals surface area contributed by atoms with Crippen LogP contribution in [0.15, 0.2) is 4.52 Å². The molecule has 26 heavy (non-hydrogen) atoms. The van der Waals surface area contributed by atoms with Crippen molar-refractivity contribution in [3.8, 4) is 0 Å². The summed E-state index contributed by atoms with van der Waals surface area (Å²) in [5.41, 5.74) is 2.64. The first-order valence-corrected chi connectivity index (χ1v) is 9.32. The zero-order chi connectivity index (χ0) is 18.8. The van der Waals surface area contributed by atoms with Crippen molar-refractivity contribution in [3.05, 3.63) is 23.1 Å². The number of hydrogen-bond acceptors (Lipinski definition) is 6. The lowest BCUT2D eigenvalue weighted by atomic mass is 10.2. The van der Waals surface area contributed by atoms with Crippen molar-refractivity contribution in [1.29, 1.82) is 0 Å². The summed E-state index contributed by atoms with van der Waals surface area (Å²) >= 11 is 0. The van der Waals surface area contributed by atoms with Gasteiger partial charge in [-0.25, -0.2) is 0 Å². The maximum absolute atomic E-state index is 12.6. The molecular formula is C18H28N6O2. The normalized spacial score (nSPS) is 18.0. The van der Waals surface area contributed by atoms with E-state index in [2.05, 4.69) is 25.5 Å². The van der Waals surface area contributed by atoms with E-state index in [0.29, 0.717) is 12.4 Å². The molecule has 0 bridgehead atoms. The van der Waals surface area contributed by atoms with Crippen LogP contribution in [0, 0.1) is 13.8 Å². The maximum Gasteiger partial charge on any atom is 0.244 e. The average molecular weight is 360 g/mol. The van der Waals surface area contributed by atoms with E-state index in [-0.39, 0.29) is 17.9 Å². The Bertz CT molecular complexity index is 779. The van der Waals surface area contributed by atoms with Gasteiger partial charge in [0.1, 0.15) is 0 Å². The molecule has 3 heterocycles. The smallest absolute Gasteiger partial charge is 0.244 e. The molecule has 0 saturated carbocycles. The van der Waals surface area contributed by atoms with Gasteiger partial charge in [0.05, 0.1) is 29.7 Å². The van der Waals surface area contributed by atoms with Gasteiger partial charge in [-0.2, -0.15) is 10.1 Å². The lowest BCUT2D eigenvalue weighted by Crippen LogP contribution is -2.33. The molecule has 1 N–H and O–H groups in total. The van der Waals surface area contributed by atoms with Crippen LogP contribution in [0.4, 0.5) is 5.69 Å². The van der Waals surface area contributed by atoms with Gasteiger partial charge in [-0.3, -0.25) is 14.4 Å². The van der Waals surface area contributed by atoms with E-state index in [9.17, 15) is 4.79 Å². The molecule has 1 aliphatic heterocycles. The van der Waals surface area contributed by atoms with Crippen LogP contribution in [0.3, 0.4) is 0 Å². The fourth-order valence-electron chi connectivity index (χ4n) is 3.46. The number of anilines is 1. The van der Waals surface area contributed by atoms with Crippen LogP contribution in [0.5, 0.6) is 0 Å². The van der Waals surface area contributed by atoms with Gasteiger partial charge in [-0.1, -0.05) is 19.0 Å². The number of aryl methyl sites for hydroxylation is 2. The van der Waals surface area contributed by atoms with Crippen LogP contribution in [0.2, 0.25) is 0 Å². The molecule has 1 saturated heterocycles. The molecule has 1 aliphatic rings. The van der Waals surface area contributed by atoms with Gasteiger partial charge in [0.2, 0.25) is 11.8 Å². The van der Waals surface area contributed by atoms with Crippen molar-refractivity contribution in [2.75, 3.05) is 18.4 Å². The van der Waals surface area contributed by atoms with E-state index in [4.69, 9.17) is 4.52 Å². The second-order valence-electron chi connectivity index (χ2n) is 7.18. The summed E-state index contributed by atoms with van der Waals surface area (Å²) in [6.45, 7) is 11.9. The predicted molar refractivity (Wildman–Crippen MR) is 97.9 cm³/mol. The zero-order valence-corrected chi connectivity index (χ0v) is 16.2. The van der Waals surface area contributed by atoms with Gasteiger partial charge in [0, 0.05) is 12.5 Å². The second kappa shape index (κ2) is 7.57. The number of carbonyl (C=O) groups is 1. The number of likely N-dealkylation sites (tertiary alicyclic amines) is 1. The zero-order valence-electron chi connectivity index (χ0n) is 16.2. The third-order valence-electron chi connectivity index (χ3n) is 4.91. The summed E-state index contributed by atoms with van der Waals surface area (Å²) in [6, 6.07) is 0.0151. The minimum absolute atomic E-state index is 0.0151. The average Bonchev–Trinajstić information content (AvgIpc) is 3.30. The van der Waals surface area contributed by atoms with E-state index in [1.165, 1.54) is 0 Å². The highest BCUT2D eigenvalue weighted by Crippen LogP contribution is 2.31. The Hall–Kier alpha value is -2.22. The van der Waals surface area contributed by atoms with Gasteiger partial charge >= 0.3 is 0 Å². The summed E-state index contributed by atoms with van der Waals surface area (Å²) in [4.78, 5) is 19.2. The fraction of sp³-hybridized carbons (Fsp3) is 0.667. The quantitative estimate of drug-likeness (QED) is 0.852. The Morgan fingerprint density at radius 1 is 1.38 bits per heavy atom. The number of rotatable bonds is 6. The first kappa shape index (κ1) is 18.6. The Morgan fingerprint density at radius 3 is 2.77 bits per heavy atom. The lowest BCUT2D eigenvalue weighted by molar-refractivity contribution is -0.117. The fourth-order valence-corrected chi connectivity index (χ4v) is 3.46. The highest BCUT2D eigenvalue weighted by atomic mass is 16.5. The van der Waals surface area contributed by atoms with Crippen LogP contribution in [0.25, 0.3) is 0 Å². The Morgan fingerprint density at radius 2 is 2.15 bits per heavy atom. The first-order valence-electron chi connectivity index (χ1n) is 9.32. The molecule has 0 aliphatic carbocycles. The van der Waals surface area contributed by atoms with Gasteiger partial charge in [0.25, 0.3) is 0 Å². The molecule has 2 aromatic heterocycles.